The molecule has 7 heteroatoms. The average molecular weight is 412 g/mol. The van der Waals surface area contributed by atoms with Crippen LogP contribution in [0.25, 0.3) is 11.1 Å². The predicted octanol–water partition coefficient (Wildman–Crippen LogP) is 3.67. The number of amides is 2. The van der Waals surface area contributed by atoms with Crippen molar-refractivity contribution in [3.05, 3.63) is 64.5 Å². The van der Waals surface area contributed by atoms with E-state index in [2.05, 4.69) is 10.3 Å². The third kappa shape index (κ3) is 4.43. The van der Waals surface area contributed by atoms with Gasteiger partial charge in [0.05, 0.1) is 0 Å². The molecule has 1 atom stereocenters. The number of carbonyl (C=O) groups is 2. The van der Waals surface area contributed by atoms with Crippen LogP contribution >= 0.6 is 11.6 Å². The summed E-state index contributed by atoms with van der Waals surface area (Å²) in [5.74, 6) is 0.706. The first kappa shape index (κ1) is 19.5. The summed E-state index contributed by atoms with van der Waals surface area (Å²) in [6.07, 6.45) is 1.02. The molecule has 0 saturated carbocycles. The quantitative estimate of drug-likeness (QED) is 0.671. The van der Waals surface area contributed by atoms with Gasteiger partial charge in [-0.3, -0.25) is 9.59 Å². The highest BCUT2D eigenvalue weighted by molar-refractivity contribution is 6.30. The molecule has 4 rings (SSSR count). The maximum absolute atomic E-state index is 12.5. The largest absolute Gasteiger partial charge is 0.440 e. The zero-order valence-electron chi connectivity index (χ0n) is 16.2. The van der Waals surface area contributed by atoms with E-state index in [-0.39, 0.29) is 17.7 Å². The van der Waals surface area contributed by atoms with E-state index in [4.69, 9.17) is 16.0 Å². The number of hydrogen-bond acceptors (Lipinski definition) is 4. The maximum atomic E-state index is 12.5. The third-order valence-electron chi connectivity index (χ3n) is 5.17. The van der Waals surface area contributed by atoms with Crippen LogP contribution in [-0.4, -0.2) is 41.3 Å². The first-order valence-corrected chi connectivity index (χ1v) is 10.1. The van der Waals surface area contributed by atoms with Crippen molar-refractivity contribution >= 4 is 34.5 Å². The highest BCUT2D eigenvalue weighted by atomic mass is 35.5. The number of oxazole rings is 1. The first-order valence-electron chi connectivity index (χ1n) is 9.71. The van der Waals surface area contributed by atoms with Crippen molar-refractivity contribution in [2.75, 3.05) is 19.6 Å². The second-order valence-corrected chi connectivity index (χ2v) is 7.75. The molecule has 0 radical (unpaired) electrons. The predicted molar refractivity (Wildman–Crippen MR) is 111 cm³/mol. The van der Waals surface area contributed by atoms with Crippen LogP contribution < -0.4 is 5.32 Å². The Kier molecular flexibility index (Phi) is 5.53. The monoisotopic (exact) mass is 411 g/mol. The molecule has 1 saturated heterocycles. The van der Waals surface area contributed by atoms with Gasteiger partial charge in [-0.15, -0.1) is 0 Å². The van der Waals surface area contributed by atoms with E-state index in [0.717, 1.165) is 5.56 Å². The fourth-order valence-electron chi connectivity index (χ4n) is 3.65. The van der Waals surface area contributed by atoms with E-state index >= 15 is 0 Å². The van der Waals surface area contributed by atoms with E-state index in [1.54, 1.807) is 18.2 Å². The molecular weight excluding hydrogens is 390 g/mol. The van der Waals surface area contributed by atoms with Crippen LogP contribution in [0.1, 0.15) is 35.2 Å². The van der Waals surface area contributed by atoms with Gasteiger partial charge in [0, 0.05) is 49.0 Å². The molecule has 2 aromatic carbocycles. The summed E-state index contributed by atoms with van der Waals surface area (Å²) in [5, 5.41) is 3.60. The van der Waals surface area contributed by atoms with Gasteiger partial charge in [-0.2, -0.15) is 0 Å². The van der Waals surface area contributed by atoms with E-state index in [1.165, 1.54) is 0 Å². The normalized spacial score (nSPS) is 16.6. The van der Waals surface area contributed by atoms with E-state index < -0.39 is 0 Å². The summed E-state index contributed by atoms with van der Waals surface area (Å²) in [4.78, 5) is 30.6. The Bertz CT molecular complexity index is 1060. The van der Waals surface area contributed by atoms with Crippen molar-refractivity contribution in [1.82, 2.24) is 15.2 Å². The first-order chi connectivity index (χ1) is 14.0. The number of hydrogen-bond donors (Lipinski definition) is 1. The maximum Gasteiger partial charge on any atom is 0.251 e. The zero-order valence-corrected chi connectivity index (χ0v) is 16.9. The minimum absolute atomic E-state index is 0.155. The van der Waals surface area contributed by atoms with E-state index in [0.29, 0.717) is 60.1 Å². The Morgan fingerprint density at radius 2 is 2.17 bits per heavy atom. The Morgan fingerprint density at radius 1 is 1.31 bits per heavy atom. The second kappa shape index (κ2) is 8.25. The van der Waals surface area contributed by atoms with Crippen molar-refractivity contribution in [1.29, 1.82) is 0 Å². The molecular formula is C22H22ClN3O3. The van der Waals surface area contributed by atoms with E-state index in [9.17, 15) is 9.59 Å². The lowest BCUT2D eigenvalue weighted by Crippen LogP contribution is -2.31. The average Bonchev–Trinajstić information content (AvgIpc) is 3.27. The molecule has 0 spiro atoms. The van der Waals surface area contributed by atoms with Crippen LogP contribution in [0.3, 0.4) is 0 Å². The Labute approximate surface area is 173 Å². The smallest absolute Gasteiger partial charge is 0.251 e. The lowest BCUT2D eigenvalue weighted by atomic mass is 10.1. The van der Waals surface area contributed by atoms with E-state index in [1.807, 2.05) is 36.1 Å². The van der Waals surface area contributed by atoms with Crippen molar-refractivity contribution in [3.63, 3.8) is 0 Å². The summed E-state index contributed by atoms with van der Waals surface area (Å²) >= 11 is 6.03. The van der Waals surface area contributed by atoms with Crippen molar-refractivity contribution < 1.29 is 14.0 Å². The number of rotatable bonds is 6. The van der Waals surface area contributed by atoms with Gasteiger partial charge < -0.3 is 14.6 Å². The molecule has 0 bridgehead atoms. The summed E-state index contributed by atoms with van der Waals surface area (Å²) in [5.41, 5.74) is 2.80. The molecule has 1 aliphatic rings. The summed E-state index contributed by atoms with van der Waals surface area (Å²) in [6.45, 7) is 3.86. The second-order valence-electron chi connectivity index (χ2n) is 7.31. The molecule has 2 heterocycles. The molecule has 3 aromatic rings. The number of likely N-dealkylation sites (tertiary alicyclic amines) is 1. The van der Waals surface area contributed by atoms with Crippen molar-refractivity contribution in [2.24, 2.45) is 5.92 Å². The number of nitrogens with one attached hydrogen (secondary N) is 1. The van der Waals surface area contributed by atoms with Gasteiger partial charge in [-0.25, -0.2) is 4.98 Å². The van der Waals surface area contributed by atoms with Crippen LogP contribution in [-0.2, 0) is 11.2 Å². The Hall–Kier alpha value is -2.86. The fraction of sp³-hybridized carbons (Fsp3) is 0.318. The zero-order chi connectivity index (χ0) is 20.4. The number of fused-ring (bicyclic) bond motifs is 1. The molecule has 2 amide bonds. The molecule has 1 N–H and O–H groups in total. The third-order valence-corrected chi connectivity index (χ3v) is 5.40. The lowest BCUT2D eigenvalue weighted by Gasteiger charge is -2.14. The summed E-state index contributed by atoms with van der Waals surface area (Å²) < 4.78 is 5.84. The highest BCUT2D eigenvalue weighted by Gasteiger charge is 2.28. The van der Waals surface area contributed by atoms with Crippen molar-refractivity contribution in [3.8, 4) is 0 Å². The summed E-state index contributed by atoms with van der Waals surface area (Å²) in [6, 6.07) is 12.8. The summed E-state index contributed by atoms with van der Waals surface area (Å²) in [7, 11) is 0. The minimum atomic E-state index is -0.179. The van der Waals surface area contributed by atoms with Crippen LogP contribution in [0.5, 0.6) is 0 Å². The molecule has 150 valence electrons. The minimum Gasteiger partial charge on any atom is -0.440 e. The standard InChI is InChI=1S/C22H22ClN3O3/c1-2-26-13-15(10-21(26)27)12-24-22(28)16-6-7-18-19(11-16)29-20(25-18)9-14-4-3-5-17(23)8-14/h3-8,11,15H,2,9-10,12-13H2,1H3,(H,24,28)/t15-/m1/s1. The van der Waals surface area contributed by atoms with Gasteiger partial charge in [0.2, 0.25) is 5.91 Å². The van der Waals surface area contributed by atoms with Gasteiger partial charge in [-0.1, -0.05) is 23.7 Å². The molecule has 29 heavy (non-hydrogen) atoms. The molecule has 0 unspecified atom stereocenters. The van der Waals surface area contributed by atoms with Crippen molar-refractivity contribution in [2.45, 2.75) is 19.8 Å². The number of halogens is 1. The molecule has 6 nitrogen and oxygen atoms in total. The van der Waals surface area contributed by atoms with Crippen LogP contribution in [0.15, 0.2) is 46.9 Å². The number of benzene rings is 2. The fourth-order valence-corrected chi connectivity index (χ4v) is 3.86. The Morgan fingerprint density at radius 3 is 2.93 bits per heavy atom. The molecule has 1 aliphatic heterocycles. The Balaban J connectivity index is 1.42. The number of aromatic nitrogens is 1. The molecule has 1 fully saturated rings. The van der Waals surface area contributed by atoms with Gasteiger partial charge in [-0.05, 0) is 42.8 Å². The highest BCUT2D eigenvalue weighted by Crippen LogP contribution is 2.21. The van der Waals surface area contributed by atoms with Gasteiger partial charge >= 0.3 is 0 Å². The number of carbonyl (C=O) groups excluding carboxylic acids is 2. The number of nitrogens with zero attached hydrogens (tertiary/aromatic N) is 2. The topological polar surface area (TPSA) is 75.4 Å². The SMILES string of the molecule is CCN1C[C@@H](CNC(=O)c2ccc3nc(Cc4cccc(Cl)c4)oc3c2)CC1=O. The van der Waals surface area contributed by atoms with Crippen LogP contribution in [0.2, 0.25) is 5.02 Å². The van der Waals surface area contributed by atoms with Gasteiger partial charge in [0.15, 0.2) is 11.5 Å². The van der Waals surface area contributed by atoms with Crippen LogP contribution in [0.4, 0.5) is 0 Å². The lowest BCUT2D eigenvalue weighted by molar-refractivity contribution is -0.127. The molecule has 1 aromatic heterocycles. The van der Waals surface area contributed by atoms with Gasteiger partial charge in [0.25, 0.3) is 5.91 Å². The van der Waals surface area contributed by atoms with Gasteiger partial charge in [0.1, 0.15) is 5.52 Å². The molecule has 0 aliphatic carbocycles. The van der Waals surface area contributed by atoms with Crippen LogP contribution in [0, 0.1) is 5.92 Å².